The fourth-order valence-corrected chi connectivity index (χ4v) is 4.13. The third-order valence-corrected chi connectivity index (χ3v) is 6.56. The van der Waals surface area contributed by atoms with Gasteiger partial charge in [-0.1, -0.05) is 38.1 Å². The first kappa shape index (κ1) is 42.7. The van der Waals surface area contributed by atoms with E-state index in [0.29, 0.717) is 12.1 Å². The summed E-state index contributed by atoms with van der Waals surface area (Å²) in [4.78, 5) is 33.5. The normalized spacial score (nSPS) is 13.7. The lowest BCUT2D eigenvalue weighted by Gasteiger charge is -2.26. The van der Waals surface area contributed by atoms with Crippen molar-refractivity contribution in [1.82, 2.24) is 5.32 Å². The average Bonchev–Trinajstić information content (AvgIpc) is 2.96. The molecule has 2 rings (SSSR count). The van der Waals surface area contributed by atoms with Gasteiger partial charge in [0.25, 0.3) is 5.91 Å². The number of phenolic OH excluding ortho intramolecular Hbond substituents is 2. The molecular formula is C30H48ClN3O10. The zero-order valence-corrected chi connectivity index (χ0v) is 26.8. The number of carboxylic acids is 2. The van der Waals surface area contributed by atoms with Crippen LogP contribution in [0.5, 0.6) is 11.5 Å². The Labute approximate surface area is 264 Å². The maximum absolute atomic E-state index is 12.6. The maximum atomic E-state index is 12.6. The Morgan fingerprint density at radius 2 is 1.39 bits per heavy atom. The number of benzene rings is 2. The molecule has 2 unspecified atom stereocenters. The number of phenols is 2. The molecule has 0 saturated carbocycles. The zero-order valence-electron chi connectivity index (χ0n) is 26.0. The van der Waals surface area contributed by atoms with Crippen LogP contribution in [0.25, 0.3) is 0 Å². The number of amides is 1. The zero-order chi connectivity index (χ0) is 33.3. The number of hydrogen-bond acceptors (Lipinski definition) is 9. The summed E-state index contributed by atoms with van der Waals surface area (Å²) in [7, 11) is 1.73. The number of halogens is 1. The lowest BCUT2D eigenvalue weighted by Crippen LogP contribution is -3.16. The number of rotatable bonds is 13. The summed E-state index contributed by atoms with van der Waals surface area (Å²) in [5.41, 5.74) is 3.80. The Hall–Kier alpha value is -3.46. The molecule has 2 aromatic carbocycles. The Balaban J connectivity index is 0. The Morgan fingerprint density at radius 1 is 0.864 bits per heavy atom. The highest BCUT2D eigenvalue weighted by Crippen LogP contribution is 2.27. The number of nitrogens with one attached hydrogen (secondary N) is 3. The second kappa shape index (κ2) is 22.1. The standard InChI is InChI=1S/C17H28N2O.C9H13NO3.C4H6O6.ClH/c1-6-12-19(8-3)15(7-2)17(20)18-16-13(4)10-9-11-14(16)5;1-10-5-9(13)6-2-3-7(11)8(12)4-6;5-1(3(7)8)2(6)4(9)10;/h9-11,15H,6-8,12H2,1-5H3,(H,18,20);2-4,9-13H,5H2,1H3;1-2,5-6H,(H,7,8)(H,9,10);1H/t;9-;1-,2-;/m.01./s1. The summed E-state index contributed by atoms with van der Waals surface area (Å²) in [6.07, 6.45) is -3.22. The van der Waals surface area contributed by atoms with Crippen molar-refractivity contribution < 1.29 is 67.4 Å². The van der Waals surface area contributed by atoms with Gasteiger partial charge in [-0.05, 0) is 63.1 Å². The fraction of sp³-hybridized carbons (Fsp3) is 0.500. The van der Waals surface area contributed by atoms with Crippen molar-refractivity contribution in [2.45, 2.75) is 71.8 Å². The van der Waals surface area contributed by atoms with Gasteiger partial charge in [0.05, 0.1) is 19.2 Å². The van der Waals surface area contributed by atoms with E-state index in [0.717, 1.165) is 42.7 Å². The van der Waals surface area contributed by atoms with E-state index in [1.165, 1.54) is 17.0 Å². The molecule has 2 aromatic rings. The number of anilines is 1. The number of para-hydroxylation sites is 1. The molecule has 1 amide bonds. The van der Waals surface area contributed by atoms with Gasteiger partial charge in [0.1, 0.15) is 0 Å². The summed E-state index contributed by atoms with van der Waals surface area (Å²) < 4.78 is 0. The second-order valence-electron chi connectivity index (χ2n) is 9.87. The molecule has 0 spiro atoms. The maximum Gasteiger partial charge on any atom is 0.335 e. The number of aliphatic hydroxyl groups excluding tert-OH is 3. The predicted octanol–water partition coefficient (Wildman–Crippen LogP) is -2.43. The van der Waals surface area contributed by atoms with Gasteiger partial charge < -0.3 is 63.7 Å². The van der Waals surface area contributed by atoms with Crippen molar-refractivity contribution in [1.29, 1.82) is 0 Å². The van der Waals surface area contributed by atoms with Crippen LogP contribution in [0.15, 0.2) is 36.4 Å². The van der Waals surface area contributed by atoms with Crippen molar-refractivity contribution in [3.05, 3.63) is 53.1 Å². The van der Waals surface area contributed by atoms with Crippen LogP contribution in [0.2, 0.25) is 0 Å². The van der Waals surface area contributed by atoms with E-state index in [4.69, 9.17) is 30.6 Å². The van der Waals surface area contributed by atoms with E-state index in [2.05, 4.69) is 31.4 Å². The molecule has 44 heavy (non-hydrogen) atoms. The number of aromatic hydroxyl groups is 2. The first-order valence-electron chi connectivity index (χ1n) is 14.0. The van der Waals surface area contributed by atoms with Gasteiger partial charge in [-0.25, -0.2) is 9.59 Å². The van der Waals surface area contributed by atoms with Crippen LogP contribution in [-0.2, 0) is 14.4 Å². The SMILES string of the molecule is CCC[NH+](CC)C(CC)C(=O)Nc1c(C)cccc1C.CNC[C@H](O)c1ccc(O)c(O)c1.O=C(O)[C@H](O)[C@@H](O)C(=O)O.[Cl-]. The van der Waals surface area contributed by atoms with E-state index in [1.807, 2.05) is 32.0 Å². The van der Waals surface area contributed by atoms with Crippen LogP contribution in [0.3, 0.4) is 0 Å². The van der Waals surface area contributed by atoms with E-state index < -0.39 is 30.3 Å². The highest BCUT2D eigenvalue weighted by Gasteiger charge is 2.29. The van der Waals surface area contributed by atoms with Crippen LogP contribution in [0.4, 0.5) is 5.69 Å². The Kier molecular flexibility index (Phi) is 21.4. The first-order valence-corrected chi connectivity index (χ1v) is 14.0. The van der Waals surface area contributed by atoms with Crippen molar-refractivity contribution in [3.8, 4) is 11.5 Å². The summed E-state index contributed by atoms with van der Waals surface area (Å²) >= 11 is 0. The highest BCUT2D eigenvalue weighted by atomic mass is 35.5. The number of carbonyl (C=O) groups excluding carboxylic acids is 1. The second-order valence-corrected chi connectivity index (χ2v) is 9.87. The topological polar surface area (TPSA) is 221 Å². The molecule has 0 saturated heterocycles. The molecule has 250 valence electrons. The first-order chi connectivity index (χ1) is 20.2. The Morgan fingerprint density at radius 3 is 1.77 bits per heavy atom. The van der Waals surface area contributed by atoms with Gasteiger partial charge in [-0.2, -0.15) is 0 Å². The number of carboxylic acid groups (broad SMARTS) is 2. The number of aryl methyl sites for hydroxylation is 2. The molecule has 13 nitrogen and oxygen atoms in total. The summed E-state index contributed by atoms with van der Waals surface area (Å²) in [5.74, 6) is -3.78. The molecule has 0 bridgehead atoms. The van der Waals surface area contributed by atoms with Crippen LogP contribution < -0.4 is 27.9 Å². The minimum absolute atomic E-state index is 0. The van der Waals surface area contributed by atoms with Crippen molar-refractivity contribution in [2.75, 3.05) is 32.0 Å². The molecule has 0 heterocycles. The molecule has 5 atom stereocenters. The minimum Gasteiger partial charge on any atom is -1.00 e. The van der Waals surface area contributed by atoms with Gasteiger partial charge in [0.15, 0.2) is 29.7 Å². The lowest BCUT2D eigenvalue weighted by atomic mass is 10.1. The monoisotopic (exact) mass is 645 g/mol. The van der Waals surface area contributed by atoms with Crippen LogP contribution in [0.1, 0.15) is 56.4 Å². The molecule has 10 N–H and O–H groups in total. The molecule has 0 radical (unpaired) electrons. The largest absolute Gasteiger partial charge is 1.00 e. The van der Waals surface area contributed by atoms with E-state index in [-0.39, 0.29) is 35.9 Å². The number of likely N-dealkylation sites (N-methyl/N-ethyl adjacent to an activating group) is 2. The molecule has 0 aromatic heterocycles. The van der Waals surface area contributed by atoms with Gasteiger partial charge in [-0.15, -0.1) is 0 Å². The van der Waals surface area contributed by atoms with Gasteiger partial charge in [0, 0.05) is 18.7 Å². The number of hydrogen-bond donors (Lipinski definition) is 10. The van der Waals surface area contributed by atoms with Crippen LogP contribution in [0, 0.1) is 13.8 Å². The average molecular weight is 646 g/mol. The Bertz CT molecular complexity index is 1130. The fourth-order valence-electron chi connectivity index (χ4n) is 4.13. The quantitative estimate of drug-likeness (QED) is 0.103. The van der Waals surface area contributed by atoms with Gasteiger partial charge in [0.2, 0.25) is 0 Å². The van der Waals surface area contributed by atoms with E-state index in [9.17, 15) is 19.5 Å². The molecule has 14 heteroatoms. The molecule has 0 aliphatic carbocycles. The predicted molar refractivity (Wildman–Crippen MR) is 161 cm³/mol. The third kappa shape index (κ3) is 14.3. The molecule has 0 aliphatic rings. The smallest absolute Gasteiger partial charge is 0.335 e. The van der Waals surface area contributed by atoms with Gasteiger partial charge >= 0.3 is 11.9 Å². The number of quaternary nitrogens is 1. The van der Waals surface area contributed by atoms with Crippen molar-refractivity contribution in [2.24, 2.45) is 0 Å². The summed E-state index contributed by atoms with van der Waals surface area (Å²) in [5, 5.41) is 66.1. The van der Waals surface area contributed by atoms with Crippen molar-refractivity contribution >= 4 is 23.5 Å². The summed E-state index contributed by atoms with van der Waals surface area (Å²) in [6, 6.07) is 10.4. The number of carbonyl (C=O) groups is 3. The molecular weight excluding hydrogens is 598 g/mol. The summed E-state index contributed by atoms with van der Waals surface area (Å²) in [6.45, 7) is 13.0. The molecule has 0 fully saturated rings. The van der Waals surface area contributed by atoms with Crippen LogP contribution >= 0.6 is 0 Å². The number of aliphatic carboxylic acids is 2. The van der Waals surface area contributed by atoms with Gasteiger partial charge in [-0.3, -0.25) is 4.79 Å². The minimum atomic E-state index is -2.27. The molecule has 0 aliphatic heterocycles. The van der Waals surface area contributed by atoms with E-state index >= 15 is 0 Å². The lowest BCUT2D eigenvalue weighted by molar-refractivity contribution is -0.914. The van der Waals surface area contributed by atoms with Crippen LogP contribution in [-0.4, -0.2) is 98.5 Å². The highest BCUT2D eigenvalue weighted by molar-refractivity contribution is 5.95. The van der Waals surface area contributed by atoms with E-state index in [1.54, 1.807) is 13.1 Å². The number of aliphatic hydroxyl groups is 3. The van der Waals surface area contributed by atoms with Crippen molar-refractivity contribution in [3.63, 3.8) is 0 Å². The third-order valence-electron chi connectivity index (χ3n) is 6.56.